The van der Waals surface area contributed by atoms with Crippen molar-refractivity contribution in [2.45, 2.75) is 4.90 Å². The third-order valence-corrected chi connectivity index (χ3v) is 8.00. The van der Waals surface area contributed by atoms with Gasteiger partial charge >= 0.3 is 0 Å². The first-order valence-electron chi connectivity index (χ1n) is 13.9. The van der Waals surface area contributed by atoms with Crippen molar-refractivity contribution in [2.24, 2.45) is 4.99 Å². The van der Waals surface area contributed by atoms with Gasteiger partial charge in [0.25, 0.3) is 0 Å². The fourth-order valence-corrected chi connectivity index (χ4v) is 5.87. The predicted octanol–water partition coefficient (Wildman–Crippen LogP) is 9.91. The first-order chi connectivity index (χ1) is 20.7. The van der Waals surface area contributed by atoms with Gasteiger partial charge in [-0.1, -0.05) is 109 Å². The summed E-state index contributed by atoms with van der Waals surface area (Å²) in [5, 5.41) is 11.2. The maximum atomic E-state index is 8.79. The van der Waals surface area contributed by atoms with Gasteiger partial charge < -0.3 is 4.57 Å². The van der Waals surface area contributed by atoms with Gasteiger partial charge in [-0.2, -0.15) is 0 Å². The van der Waals surface area contributed by atoms with Crippen LogP contribution in [0.15, 0.2) is 155 Å². The molecule has 1 heterocycles. The van der Waals surface area contributed by atoms with E-state index < -0.39 is 0 Å². The summed E-state index contributed by atoms with van der Waals surface area (Å²) < 4.78 is 2.33. The van der Waals surface area contributed by atoms with E-state index in [-0.39, 0.29) is 0 Å². The van der Waals surface area contributed by atoms with Crippen LogP contribution < -0.4 is 0 Å². The van der Waals surface area contributed by atoms with E-state index in [4.69, 9.17) is 23.0 Å². The molecule has 0 bridgehead atoms. The molecule has 0 aliphatic heterocycles. The second kappa shape index (κ2) is 11.0. The van der Waals surface area contributed by atoms with Crippen LogP contribution in [0.3, 0.4) is 0 Å². The zero-order valence-corrected chi connectivity index (χ0v) is 23.7. The van der Waals surface area contributed by atoms with Gasteiger partial charge in [-0.3, -0.25) is 10.4 Å². The Morgan fingerprint density at radius 2 is 1.38 bits per heavy atom. The minimum Gasteiger partial charge on any atom is -0.309 e. The molecule has 0 amide bonds. The number of benzene rings is 6. The summed E-state index contributed by atoms with van der Waals surface area (Å²) >= 11 is 4.72. The Bertz CT molecular complexity index is 2120. The number of nitrogens with zero attached hydrogens (tertiary/aromatic N) is 2. The highest BCUT2D eigenvalue weighted by Gasteiger charge is 2.14. The summed E-state index contributed by atoms with van der Waals surface area (Å²) in [6.45, 7) is 0. The lowest BCUT2D eigenvalue weighted by atomic mass is 10.0. The molecule has 0 saturated carbocycles. The van der Waals surface area contributed by atoms with Crippen molar-refractivity contribution < 1.29 is 0 Å². The van der Waals surface area contributed by atoms with Gasteiger partial charge in [0, 0.05) is 38.7 Å². The van der Waals surface area contributed by atoms with Crippen molar-refractivity contribution in [3.63, 3.8) is 0 Å². The van der Waals surface area contributed by atoms with Crippen LogP contribution in [0.5, 0.6) is 0 Å². The largest absolute Gasteiger partial charge is 0.309 e. The zero-order valence-electron chi connectivity index (χ0n) is 22.8. The first-order valence-corrected chi connectivity index (χ1v) is 14.3. The van der Waals surface area contributed by atoms with Gasteiger partial charge in [-0.15, -0.1) is 12.6 Å². The van der Waals surface area contributed by atoms with Gasteiger partial charge in [-0.05, 0) is 53.1 Å². The van der Waals surface area contributed by atoms with Crippen molar-refractivity contribution in [3.05, 3.63) is 162 Å². The average molecular weight is 558 g/mol. The van der Waals surface area contributed by atoms with E-state index in [0.717, 1.165) is 55.1 Å². The van der Waals surface area contributed by atoms with Gasteiger partial charge in [-0.25, -0.2) is 0 Å². The number of nitrogens with one attached hydrogen (secondary N) is 1. The topological polar surface area (TPSA) is 41.1 Å². The van der Waals surface area contributed by atoms with Crippen LogP contribution in [0.4, 0.5) is 5.69 Å². The summed E-state index contributed by atoms with van der Waals surface area (Å²) in [4.78, 5) is 5.81. The highest BCUT2D eigenvalue weighted by Crippen LogP contribution is 2.36. The fourth-order valence-electron chi connectivity index (χ4n) is 5.58. The lowest BCUT2D eigenvalue weighted by Gasteiger charge is -2.11. The number of aliphatic imine (C=N–C) groups is 1. The zero-order chi connectivity index (χ0) is 28.5. The molecule has 42 heavy (non-hydrogen) atoms. The Morgan fingerprint density at radius 3 is 2.26 bits per heavy atom. The second-order valence-corrected chi connectivity index (χ2v) is 10.7. The van der Waals surface area contributed by atoms with Crippen LogP contribution in [0.1, 0.15) is 16.7 Å². The standard InChI is InChI=1S/C38H27N3S/c39-38(27-12-2-1-3-13-27)33-17-4-7-18-34(33)40-25-26-11-10-14-29(23-26)41-35-19-8-5-16-31(35)32-22-21-28(24-36(32)41)30-15-6-9-20-37(30)42/h1-25,39,42H/b39-38?,40-25+. The van der Waals surface area contributed by atoms with Gasteiger partial charge in [0.1, 0.15) is 0 Å². The van der Waals surface area contributed by atoms with Crippen LogP contribution >= 0.6 is 12.6 Å². The van der Waals surface area contributed by atoms with Crippen molar-refractivity contribution >= 4 is 52.0 Å². The Kier molecular flexibility index (Phi) is 6.75. The molecule has 7 rings (SSSR count). The molecule has 0 saturated heterocycles. The Labute approximate surface area is 250 Å². The third kappa shape index (κ3) is 4.72. The van der Waals surface area contributed by atoms with Crippen LogP contribution in [-0.4, -0.2) is 16.5 Å². The van der Waals surface area contributed by atoms with Crippen molar-refractivity contribution in [2.75, 3.05) is 0 Å². The SMILES string of the molecule is N=C(c1ccccc1)c1ccccc1/N=C/c1cccc(-n2c3ccccc3c3ccc(-c4ccccc4S)cc32)c1. The Hall–Kier alpha value is -5.19. The van der Waals surface area contributed by atoms with E-state index in [1.807, 2.05) is 72.9 Å². The molecular weight excluding hydrogens is 531 g/mol. The summed E-state index contributed by atoms with van der Waals surface area (Å²) in [5.41, 5.74) is 9.48. The number of aromatic nitrogens is 1. The predicted molar refractivity (Wildman–Crippen MR) is 180 cm³/mol. The average Bonchev–Trinajstić information content (AvgIpc) is 3.38. The monoisotopic (exact) mass is 557 g/mol. The molecule has 0 aliphatic rings. The smallest absolute Gasteiger partial charge is 0.0723 e. The van der Waals surface area contributed by atoms with E-state index in [0.29, 0.717) is 5.71 Å². The normalized spacial score (nSPS) is 11.5. The van der Waals surface area contributed by atoms with Crippen LogP contribution in [-0.2, 0) is 0 Å². The van der Waals surface area contributed by atoms with E-state index in [2.05, 4.69) is 83.4 Å². The molecule has 7 aromatic rings. The summed E-state index contributed by atoms with van der Waals surface area (Å²) in [6, 6.07) is 49.5. The molecule has 200 valence electrons. The number of para-hydroxylation sites is 2. The fraction of sp³-hybridized carbons (Fsp3) is 0. The highest BCUT2D eigenvalue weighted by molar-refractivity contribution is 7.80. The van der Waals surface area contributed by atoms with E-state index in [9.17, 15) is 0 Å². The molecule has 3 nitrogen and oxygen atoms in total. The third-order valence-electron chi connectivity index (χ3n) is 7.61. The summed E-state index contributed by atoms with van der Waals surface area (Å²) in [7, 11) is 0. The molecular formula is C38H27N3S. The molecule has 4 heteroatoms. The van der Waals surface area contributed by atoms with Crippen molar-refractivity contribution in [1.29, 1.82) is 5.41 Å². The molecule has 0 unspecified atom stereocenters. The van der Waals surface area contributed by atoms with Crippen molar-refractivity contribution in [1.82, 2.24) is 4.57 Å². The Balaban J connectivity index is 1.32. The minimum absolute atomic E-state index is 0.459. The number of thiol groups is 1. The van der Waals surface area contributed by atoms with E-state index in [1.54, 1.807) is 0 Å². The van der Waals surface area contributed by atoms with Crippen molar-refractivity contribution in [3.8, 4) is 16.8 Å². The molecule has 0 fully saturated rings. The minimum atomic E-state index is 0.459. The number of rotatable bonds is 6. The quantitative estimate of drug-likeness (QED) is 0.151. The van der Waals surface area contributed by atoms with E-state index in [1.165, 1.54) is 10.8 Å². The second-order valence-electron chi connectivity index (χ2n) is 10.2. The van der Waals surface area contributed by atoms with Crippen LogP contribution in [0.25, 0.3) is 38.6 Å². The molecule has 0 radical (unpaired) electrons. The number of hydrogen-bond donors (Lipinski definition) is 2. The lowest BCUT2D eigenvalue weighted by Crippen LogP contribution is -2.01. The number of fused-ring (bicyclic) bond motifs is 3. The molecule has 1 aromatic heterocycles. The van der Waals surface area contributed by atoms with E-state index >= 15 is 0 Å². The maximum Gasteiger partial charge on any atom is 0.0723 e. The molecule has 0 spiro atoms. The Morgan fingerprint density at radius 1 is 0.643 bits per heavy atom. The first kappa shape index (κ1) is 25.8. The van der Waals surface area contributed by atoms with Crippen LogP contribution in [0, 0.1) is 5.41 Å². The lowest BCUT2D eigenvalue weighted by molar-refractivity contribution is 1.18. The van der Waals surface area contributed by atoms with Crippen LogP contribution in [0.2, 0.25) is 0 Å². The van der Waals surface area contributed by atoms with Gasteiger partial charge in [0.15, 0.2) is 0 Å². The maximum absolute atomic E-state index is 8.79. The number of hydrogen-bond acceptors (Lipinski definition) is 3. The van der Waals surface area contributed by atoms with Gasteiger partial charge in [0.2, 0.25) is 0 Å². The molecule has 0 atom stereocenters. The molecule has 6 aromatic carbocycles. The van der Waals surface area contributed by atoms with Gasteiger partial charge in [0.05, 0.1) is 22.4 Å². The summed E-state index contributed by atoms with van der Waals surface area (Å²) in [6.07, 6.45) is 1.89. The summed E-state index contributed by atoms with van der Waals surface area (Å²) in [5.74, 6) is 0. The molecule has 0 aliphatic carbocycles. The highest BCUT2D eigenvalue weighted by atomic mass is 32.1. The molecule has 1 N–H and O–H groups in total.